The molecule has 7 nitrogen and oxygen atoms in total. The molecule has 4 N–H and O–H groups in total. The number of H-pyrrole nitrogens is 1. The Labute approximate surface area is 129 Å². The van der Waals surface area contributed by atoms with Crippen molar-refractivity contribution in [1.29, 1.82) is 0 Å². The number of amides is 1. The minimum absolute atomic E-state index is 0.146. The van der Waals surface area contributed by atoms with Gasteiger partial charge in [0.2, 0.25) is 0 Å². The van der Waals surface area contributed by atoms with E-state index in [1.807, 2.05) is 0 Å². The Morgan fingerprint density at radius 1 is 1.48 bits per heavy atom. The maximum Gasteiger partial charge on any atom is 0.270 e. The van der Waals surface area contributed by atoms with Crippen molar-refractivity contribution in [2.45, 2.75) is 19.4 Å². The van der Waals surface area contributed by atoms with Gasteiger partial charge in [0.25, 0.3) is 5.91 Å². The first-order valence-electron chi connectivity index (χ1n) is 7.19. The van der Waals surface area contributed by atoms with E-state index in [2.05, 4.69) is 39.3 Å². The van der Waals surface area contributed by atoms with E-state index in [0.717, 1.165) is 32.6 Å². The second kappa shape index (κ2) is 7.11. The number of nitrogens with zero attached hydrogens (tertiary/aromatic N) is 3. The Morgan fingerprint density at radius 2 is 2.14 bits per heavy atom. The van der Waals surface area contributed by atoms with Crippen LogP contribution in [-0.2, 0) is 0 Å². The van der Waals surface area contributed by atoms with Gasteiger partial charge in [-0.2, -0.15) is 5.10 Å². The van der Waals surface area contributed by atoms with E-state index in [-0.39, 0.29) is 22.4 Å². The van der Waals surface area contributed by atoms with Gasteiger partial charge in [-0.1, -0.05) is 11.6 Å². The Kier molecular flexibility index (Phi) is 5.44. The van der Waals surface area contributed by atoms with Gasteiger partial charge in [-0.25, -0.2) is 0 Å². The molecule has 0 aliphatic carbocycles. The van der Waals surface area contributed by atoms with Crippen molar-refractivity contribution in [3.05, 3.63) is 10.7 Å². The van der Waals surface area contributed by atoms with Crippen molar-refractivity contribution in [2.75, 3.05) is 45.5 Å². The number of aromatic nitrogens is 2. The van der Waals surface area contributed by atoms with Gasteiger partial charge in [0.05, 0.1) is 0 Å². The summed E-state index contributed by atoms with van der Waals surface area (Å²) in [6.07, 6.45) is 0.899. The first-order valence-corrected chi connectivity index (χ1v) is 7.57. The number of nitrogen functional groups attached to an aromatic ring is 1. The fraction of sp³-hybridized carbons (Fsp3) is 0.692. The summed E-state index contributed by atoms with van der Waals surface area (Å²) in [6, 6.07) is 0.446. The molecule has 0 bridgehead atoms. The number of hydrogen-bond acceptors (Lipinski definition) is 5. The molecule has 1 fully saturated rings. The summed E-state index contributed by atoms with van der Waals surface area (Å²) >= 11 is 5.89. The normalized spacial score (nSPS) is 18.6. The highest BCUT2D eigenvalue weighted by Crippen LogP contribution is 2.19. The van der Waals surface area contributed by atoms with Crippen LogP contribution in [0.15, 0.2) is 0 Å². The Bertz CT molecular complexity index is 483. The summed E-state index contributed by atoms with van der Waals surface area (Å²) in [4.78, 5) is 16.7. The highest BCUT2D eigenvalue weighted by Gasteiger charge is 2.20. The second-order valence-electron chi connectivity index (χ2n) is 5.53. The lowest BCUT2D eigenvalue weighted by Gasteiger charge is -2.36. The van der Waals surface area contributed by atoms with Crippen molar-refractivity contribution in [3.8, 4) is 0 Å². The van der Waals surface area contributed by atoms with Gasteiger partial charge in [0, 0.05) is 38.8 Å². The van der Waals surface area contributed by atoms with Gasteiger partial charge in [-0.3, -0.25) is 14.8 Å². The molecule has 1 aromatic rings. The number of anilines is 1. The molecular formula is C13H23ClN6O. The number of rotatable bonds is 5. The molecule has 118 valence electrons. The highest BCUT2D eigenvalue weighted by atomic mass is 35.5. The van der Waals surface area contributed by atoms with Crippen LogP contribution < -0.4 is 11.1 Å². The van der Waals surface area contributed by atoms with Crippen molar-refractivity contribution < 1.29 is 4.79 Å². The molecule has 0 spiro atoms. The lowest BCUT2D eigenvalue weighted by molar-refractivity contribution is 0.0930. The van der Waals surface area contributed by atoms with Gasteiger partial charge in [0.1, 0.15) is 10.7 Å². The van der Waals surface area contributed by atoms with E-state index in [9.17, 15) is 4.79 Å². The molecule has 1 aromatic heterocycles. The molecule has 1 aliphatic rings. The third-order valence-corrected chi connectivity index (χ3v) is 4.35. The lowest BCUT2D eigenvalue weighted by atomic mass is 10.1. The van der Waals surface area contributed by atoms with Crippen LogP contribution in [0, 0.1) is 0 Å². The molecule has 0 radical (unpaired) electrons. The zero-order chi connectivity index (χ0) is 15.4. The number of nitrogens with two attached hydrogens (primary N) is 1. The molecule has 8 heteroatoms. The molecule has 0 aromatic carbocycles. The summed E-state index contributed by atoms with van der Waals surface area (Å²) in [7, 11) is 2.14. The van der Waals surface area contributed by atoms with E-state index >= 15 is 0 Å². The lowest BCUT2D eigenvalue weighted by Crippen LogP contribution is -2.48. The van der Waals surface area contributed by atoms with E-state index in [0.29, 0.717) is 12.6 Å². The summed E-state index contributed by atoms with van der Waals surface area (Å²) in [5, 5.41) is 9.28. The van der Waals surface area contributed by atoms with Crippen LogP contribution in [0.4, 0.5) is 5.82 Å². The van der Waals surface area contributed by atoms with E-state index in [4.69, 9.17) is 17.3 Å². The van der Waals surface area contributed by atoms with E-state index in [1.54, 1.807) is 0 Å². The van der Waals surface area contributed by atoms with Gasteiger partial charge >= 0.3 is 0 Å². The number of aromatic amines is 1. The number of piperazine rings is 1. The topological polar surface area (TPSA) is 90.3 Å². The fourth-order valence-corrected chi connectivity index (χ4v) is 2.59. The number of carbonyl (C=O) groups is 1. The summed E-state index contributed by atoms with van der Waals surface area (Å²) < 4.78 is 0. The van der Waals surface area contributed by atoms with Crippen molar-refractivity contribution in [1.82, 2.24) is 25.3 Å². The number of halogens is 1. The Morgan fingerprint density at radius 3 is 2.71 bits per heavy atom. The number of nitrogens with one attached hydrogen (secondary N) is 2. The van der Waals surface area contributed by atoms with Gasteiger partial charge in [-0.05, 0) is 20.4 Å². The molecule has 1 aliphatic heterocycles. The first-order chi connectivity index (χ1) is 9.99. The van der Waals surface area contributed by atoms with Crippen LogP contribution in [0.1, 0.15) is 23.8 Å². The van der Waals surface area contributed by atoms with E-state index < -0.39 is 0 Å². The quantitative estimate of drug-likeness (QED) is 0.732. The third-order valence-electron chi connectivity index (χ3n) is 3.97. The molecule has 1 atom stereocenters. The average molecular weight is 315 g/mol. The molecule has 1 amide bonds. The van der Waals surface area contributed by atoms with Crippen LogP contribution in [-0.4, -0.2) is 71.7 Å². The largest absolute Gasteiger partial charge is 0.381 e. The zero-order valence-electron chi connectivity index (χ0n) is 12.5. The summed E-state index contributed by atoms with van der Waals surface area (Å²) in [5.74, 6) is -0.123. The maximum atomic E-state index is 11.9. The fourth-order valence-electron chi connectivity index (χ4n) is 2.42. The monoisotopic (exact) mass is 314 g/mol. The van der Waals surface area contributed by atoms with Crippen LogP contribution >= 0.6 is 11.6 Å². The summed E-state index contributed by atoms with van der Waals surface area (Å²) in [5.41, 5.74) is 5.72. The predicted molar refractivity (Wildman–Crippen MR) is 83.5 cm³/mol. The first kappa shape index (κ1) is 16.1. The van der Waals surface area contributed by atoms with Crippen LogP contribution in [0.5, 0.6) is 0 Å². The standard InChI is InChI=1S/C13H23ClN6O/c1-9(20-7-5-19(2)6-8-20)3-4-16-13(21)11-10(14)12(15)18-17-11/h9H,3-8H2,1-2H3,(H,16,21)(H3,15,17,18)/t9-/m1/s1. The van der Waals surface area contributed by atoms with Crippen molar-refractivity contribution in [2.24, 2.45) is 0 Å². The molecule has 2 heterocycles. The van der Waals surface area contributed by atoms with Gasteiger partial charge in [-0.15, -0.1) is 0 Å². The Balaban J connectivity index is 1.74. The second-order valence-corrected chi connectivity index (χ2v) is 5.91. The van der Waals surface area contributed by atoms with Crippen LogP contribution in [0.2, 0.25) is 5.02 Å². The molecule has 1 saturated heterocycles. The molecule has 21 heavy (non-hydrogen) atoms. The number of likely N-dealkylation sites (N-methyl/N-ethyl adjacent to an activating group) is 1. The Hall–Kier alpha value is -1.31. The highest BCUT2D eigenvalue weighted by molar-refractivity contribution is 6.35. The summed E-state index contributed by atoms with van der Waals surface area (Å²) in [6.45, 7) is 7.14. The molecule has 0 saturated carbocycles. The average Bonchev–Trinajstić information content (AvgIpc) is 2.79. The van der Waals surface area contributed by atoms with Crippen LogP contribution in [0.25, 0.3) is 0 Å². The number of hydrogen-bond donors (Lipinski definition) is 3. The molecule has 2 rings (SSSR count). The smallest absolute Gasteiger partial charge is 0.270 e. The van der Waals surface area contributed by atoms with Gasteiger partial charge < -0.3 is 16.0 Å². The van der Waals surface area contributed by atoms with Crippen LogP contribution in [0.3, 0.4) is 0 Å². The van der Waals surface area contributed by atoms with E-state index in [1.165, 1.54) is 0 Å². The minimum atomic E-state index is -0.269. The molecular weight excluding hydrogens is 292 g/mol. The minimum Gasteiger partial charge on any atom is -0.381 e. The zero-order valence-corrected chi connectivity index (χ0v) is 13.3. The maximum absolute atomic E-state index is 11.9. The van der Waals surface area contributed by atoms with Crippen molar-refractivity contribution in [3.63, 3.8) is 0 Å². The predicted octanol–water partition coefficient (Wildman–Crippen LogP) is 0.401. The third kappa shape index (κ3) is 4.09. The number of carbonyl (C=O) groups excluding carboxylic acids is 1. The van der Waals surface area contributed by atoms with Crippen molar-refractivity contribution >= 4 is 23.3 Å². The SMILES string of the molecule is C[C@H](CCNC(=O)c1[nH]nc(N)c1Cl)N1CCN(C)CC1. The molecule has 0 unspecified atom stereocenters. The van der Waals surface area contributed by atoms with Gasteiger partial charge in [0.15, 0.2) is 5.82 Å².